The molecule has 0 fully saturated rings. The number of thioether (sulfide) groups is 1. The maximum absolute atomic E-state index is 12.9. The highest BCUT2D eigenvalue weighted by molar-refractivity contribution is 8.00. The van der Waals surface area contributed by atoms with Gasteiger partial charge in [-0.1, -0.05) is 57.2 Å². The van der Waals surface area contributed by atoms with Gasteiger partial charge in [-0.3, -0.25) is 9.59 Å². The van der Waals surface area contributed by atoms with Gasteiger partial charge in [0, 0.05) is 21.5 Å². The molecule has 2 N–H and O–H groups in total. The molecule has 1 unspecified atom stereocenters. The summed E-state index contributed by atoms with van der Waals surface area (Å²) in [6, 6.07) is 17.0. The molecule has 0 saturated heterocycles. The second kappa shape index (κ2) is 12.7. The lowest BCUT2D eigenvalue weighted by atomic mass is 9.72. The molecule has 204 valence electrons. The smallest absolute Gasteiger partial charge is 0.341 e. The van der Waals surface area contributed by atoms with Crippen molar-refractivity contribution in [3.8, 4) is 0 Å². The van der Waals surface area contributed by atoms with Crippen LogP contribution in [0.15, 0.2) is 65.6 Å². The van der Waals surface area contributed by atoms with E-state index in [2.05, 4.69) is 31.4 Å². The molecule has 3 aromatic rings. The van der Waals surface area contributed by atoms with E-state index < -0.39 is 5.97 Å². The average Bonchev–Trinajstić information content (AvgIpc) is 3.27. The fourth-order valence-electron chi connectivity index (χ4n) is 4.63. The second-order valence-electron chi connectivity index (χ2n) is 10.6. The van der Waals surface area contributed by atoms with Gasteiger partial charge in [0.1, 0.15) is 5.00 Å². The molecule has 1 atom stereocenters. The number of fused-ring (bicyclic) bond motifs is 1. The third-order valence-corrected chi connectivity index (χ3v) is 8.99. The highest BCUT2D eigenvalue weighted by Gasteiger charge is 2.34. The molecule has 1 aliphatic carbocycles. The second-order valence-corrected chi connectivity index (χ2v) is 12.8. The fourth-order valence-corrected chi connectivity index (χ4v) is 6.71. The van der Waals surface area contributed by atoms with Crippen molar-refractivity contribution in [1.82, 2.24) is 0 Å². The Kier molecular flexibility index (Phi) is 9.30. The van der Waals surface area contributed by atoms with Crippen molar-refractivity contribution in [2.45, 2.75) is 44.9 Å². The van der Waals surface area contributed by atoms with Crippen molar-refractivity contribution in [2.24, 2.45) is 11.3 Å². The molecule has 0 radical (unpaired) electrons. The minimum Gasteiger partial charge on any atom is -0.465 e. The van der Waals surface area contributed by atoms with Gasteiger partial charge in [-0.2, -0.15) is 0 Å². The zero-order chi connectivity index (χ0) is 28.0. The molecule has 4 rings (SSSR count). The van der Waals surface area contributed by atoms with E-state index in [0.717, 1.165) is 40.2 Å². The number of anilines is 2. The zero-order valence-electron chi connectivity index (χ0n) is 22.7. The maximum Gasteiger partial charge on any atom is 0.341 e. The number of esters is 1. The molecule has 0 aliphatic heterocycles. The van der Waals surface area contributed by atoms with Crippen LogP contribution in [0.4, 0.5) is 10.7 Å². The first-order valence-corrected chi connectivity index (χ1v) is 14.7. The molecule has 39 heavy (non-hydrogen) atoms. The number of methoxy groups -OCH3 is 1. The third kappa shape index (κ3) is 7.61. The van der Waals surface area contributed by atoms with Crippen LogP contribution in [-0.2, 0) is 27.2 Å². The topological polar surface area (TPSA) is 84.5 Å². The van der Waals surface area contributed by atoms with Crippen LogP contribution in [-0.4, -0.2) is 30.6 Å². The maximum atomic E-state index is 12.9. The largest absolute Gasteiger partial charge is 0.465 e. The third-order valence-electron chi connectivity index (χ3n) is 6.83. The molecular weight excluding hydrogens is 528 g/mol. The summed E-state index contributed by atoms with van der Waals surface area (Å²) >= 11 is 2.86. The quantitative estimate of drug-likeness (QED) is 0.174. The number of nitrogens with one attached hydrogen (secondary N) is 2. The number of ether oxygens (including phenoxy) is 1. The van der Waals surface area contributed by atoms with Gasteiger partial charge in [0.05, 0.1) is 18.4 Å². The summed E-state index contributed by atoms with van der Waals surface area (Å²) in [7, 11) is 1.37. The first-order valence-electron chi connectivity index (χ1n) is 12.9. The predicted molar refractivity (Wildman–Crippen MR) is 161 cm³/mol. The molecule has 2 aromatic carbocycles. The fraction of sp³-hybridized carbons (Fsp3) is 0.323. The molecule has 0 saturated carbocycles. The van der Waals surface area contributed by atoms with Gasteiger partial charge in [-0.25, -0.2) is 4.79 Å². The Morgan fingerprint density at radius 1 is 1.08 bits per heavy atom. The molecule has 0 spiro atoms. The van der Waals surface area contributed by atoms with Crippen LogP contribution in [0.2, 0.25) is 0 Å². The lowest BCUT2D eigenvalue weighted by Crippen LogP contribution is -2.26. The average molecular weight is 563 g/mol. The number of rotatable bonds is 8. The summed E-state index contributed by atoms with van der Waals surface area (Å²) in [6.07, 6.45) is 5.97. The molecule has 1 heterocycles. The number of benzene rings is 2. The summed E-state index contributed by atoms with van der Waals surface area (Å²) < 4.78 is 5.07. The lowest BCUT2D eigenvalue weighted by molar-refractivity contribution is -0.114. The van der Waals surface area contributed by atoms with Crippen LogP contribution in [0, 0.1) is 11.3 Å². The van der Waals surface area contributed by atoms with Gasteiger partial charge in [0.15, 0.2) is 0 Å². The van der Waals surface area contributed by atoms with Crippen LogP contribution in [0.1, 0.15) is 53.6 Å². The molecule has 6 nitrogen and oxygen atoms in total. The van der Waals surface area contributed by atoms with Gasteiger partial charge < -0.3 is 15.4 Å². The number of amides is 2. The Morgan fingerprint density at radius 3 is 2.56 bits per heavy atom. The highest BCUT2D eigenvalue weighted by Crippen LogP contribution is 2.44. The zero-order valence-corrected chi connectivity index (χ0v) is 24.3. The van der Waals surface area contributed by atoms with E-state index in [-0.39, 0.29) is 23.0 Å². The summed E-state index contributed by atoms with van der Waals surface area (Å²) in [4.78, 5) is 39.9. The van der Waals surface area contributed by atoms with Gasteiger partial charge in [-0.05, 0) is 66.0 Å². The Bertz CT molecular complexity index is 1370. The van der Waals surface area contributed by atoms with E-state index in [1.807, 2.05) is 54.6 Å². The first kappa shape index (κ1) is 28.6. The van der Waals surface area contributed by atoms with E-state index in [1.54, 1.807) is 6.08 Å². The van der Waals surface area contributed by atoms with Crippen molar-refractivity contribution in [3.63, 3.8) is 0 Å². The Balaban J connectivity index is 1.38. The molecule has 2 amide bonds. The normalized spacial score (nSPS) is 15.0. The van der Waals surface area contributed by atoms with Crippen molar-refractivity contribution in [2.75, 3.05) is 23.5 Å². The van der Waals surface area contributed by atoms with Gasteiger partial charge in [0.2, 0.25) is 11.8 Å². The molecule has 0 bridgehead atoms. The SMILES string of the molecule is COC(=O)c1c(NC(=O)CSc2cccc(NC(=O)/C=C/c3ccccc3)c2)sc2c1CCC(C(C)(C)C)C2. The van der Waals surface area contributed by atoms with Gasteiger partial charge >= 0.3 is 5.97 Å². The van der Waals surface area contributed by atoms with Crippen molar-refractivity contribution in [1.29, 1.82) is 0 Å². The molecular formula is C31H34N2O4S2. The van der Waals surface area contributed by atoms with Crippen LogP contribution in [0.3, 0.4) is 0 Å². The van der Waals surface area contributed by atoms with E-state index in [9.17, 15) is 14.4 Å². The molecule has 1 aliphatic rings. The summed E-state index contributed by atoms with van der Waals surface area (Å²) in [5, 5.41) is 6.39. The number of hydrogen-bond donors (Lipinski definition) is 2. The predicted octanol–water partition coefficient (Wildman–Crippen LogP) is 7.07. The Hall–Kier alpha value is -3.36. The van der Waals surface area contributed by atoms with E-state index in [4.69, 9.17) is 4.74 Å². The first-order chi connectivity index (χ1) is 18.6. The lowest BCUT2D eigenvalue weighted by Gasteiger charge is -2.33. The minimum atomic E-state index is -0.408. The van der Waals surface area contributed by atoms with Gasteiger partial charge in [0.25, 0.3) is 0 Å². The van der Waals surface area contributed by atoms with Crippen LogP contribution in [0.25, 0.3) is 6.08 Å². The monoisotopic (exact) mass is 562 g/mol. The number of carbonyl (C=O) groups is 3. The molecule has 8 heteroatoms. The van der Waals surface area contributed by atoms with Gasteiger partial charge in [-0.15, -0.1) is 23.1 Å². The van der Waals surface area contributed by atoms with Crippen molar-refractivity contribution < 1.29 is 19.1 Å². The number of carbonyl (C=O) groups excluding carboxylic acids is 3. The molecule has 1 aromatic heterocycles. The summed E-state index contributed by atoms with van der Waals surface area (Å²) in [5.41, 5.74) is 3.28. The van der Waals surface area contributed by atoms with E-state index >= 15 is 0 Å². The van der Waals surface area contributed by atoms with E-state index in [0.29, 0.717) is 22.2 Å². The van der Waals surface area contributed by atoms with Crippen LogP contribution >= 0.6 is 23.1 Å². The van der Waals surface area contributed by atoms with Crippen molar-refractivity contribution >= 4 is 57.6 Å². The highest BCUT2D eigenvalue weighted by atomic mass is 32.2. The summed E-state index contributed by atoms with van der Waals surface area (Å²) in [5.74, 6) is -0.149. The van der Waals surface area contributed by atoms with Crippen LogP contribution in [0.5, 0.6) is 0 Å². The van der Waals surface area contributed by atoms with Crippen LogP contribution < -0.4 is 10.6 Å². The Morgan fingerprint density at radius 2 is 1.85 bits per heavy atom. The van der Waals surface area contributed by atoms with E-state index in [1.165, 1.54) is 36.3 Å². The Labute approximate surface area is 238 Å². The summed E-state index contributed by atoms with van der Waals surface area (Å²) in [6.45, 7) is 6.75. The standard InChI is InChI=1S/C31H34N2O4S2/c1-31(2,3)21-14-15-24-25(17-21)39-29(28(24)30(36)37-4)33-27(35)19-38-23-12-8-11-22(18-23)32-26(34)16-13-20-9-6-5-7-10-20/h5-13,16,18,21H,14-15,17,19H2,1-4H3,(H,32,34)(H,33,35)/b16-13+. The number of thiophene rings is 1. The van der Waals surface area contributed by atoms with Crippen molar-refractivity contribution in [3.05, 3.63) is 82.2 Å². The number of hydrogen-bond acceptors (Lipinski definition) is 6. The minimum absolute atomic E-state index is 0.166.